The van der Waals surface area contributed by atoms with Crippen LogP contribution in [0.2, 0.25) is 0 Å². The number of aryl methyl sites for hydroxylation is 1. The number of carbonyl (C=O) groups is 2. The van der Waals surface area contributed by atoms with Gasteiger partial charge < -0.3 is 10.6 Å². The van der Waals surface area contributed by atoms with E-state index in [-0.39, 0.29) is 23.9 Å². The summed E-state index contributed by atoms with van der Waals surface area (Å²) in [6.07, 6.45) is 2.86. The van der Waals surface area contributed by atoms with Crippen LogP contribution in [0.15, 0.2) is 28.7 Å². The lowest BCUT2D eigenvalue weighted by molar-refractivity contribution is -0.126. The topological polar surface area (TPSA) is 58.2 Å². The maximum atomic E-state index is 11.9. The summed E-state index contributed by atoms with van der Waals surface area (Å²) in [6, 6.07) is 7.95. The van der Waals surface area contributed by atoms with Crippen molar-refractivity contribution in [2.45, 2.75) is 44.7 Å². The molecule has 0 bridgehead atoms. The molecule has 20 heavy (non-hydrogen) atoms. The van der Waals surface area contributed by atoms with E-state index in [4.69, 9.17) is 0 Å². The third-order valence-electron chi connectivity index (χ3n) is 3.48. The van der Waals surface area contributed by atoms with Crippen molar-refractivity contribution in [3.05, 3.63) is 34.3 Å². The summed E-state index contributed by atoms with van der Waals surface area (Å²) in [5, 5.41) is 5.64. The Kier molecular flexibility index (Phi) is 5.17. The van der Waals surface area contributed by atoms with E-state index in [1.807, 2.05) is 19.1 Å². The second kappa shape index (κ2) is 6.88. The molecule has 0 radical (unpaired) electrons. The summed E-state index contributed by atoms with van der Waals surface area (Å²) < 4.78 is 1.07. The molecule has 0 aromatic heterocycles. The van der Waals surface area contributed by atoms with Crippen molar-refractivity contribution >= 4 is 27.7 Å². The molecule has 1 aromatic rings. The zero-order valence-electron chi connectivity index (χ0n) is 11.5. The van der Waals surface area contributed by atoms with Gasteiger partial charge in [-0.25, -0.2) is 0 Å². The lowest BCUT2D eigenvalue weighted by atomic mass is 10.1. The molecule has 5 heteroatoms. The Bertz CT molecular complexity index is 487. The van der Waals surface area contributed by atoms with Crippen LogP contribution in [0.5, 0.6) is 0 Å². The number of amides is 2. The van der Waals surface area contributed by atoms with Crippen LogP contribution in [0.4, 0.5) is 0 Å². The van der Waals surface area contributed by atoms with Crippen molar-refractivity contribution in [3.8, 4) is 0 Å². The third kappa shape index (κ3) is 4.34. The third-order valence-corrected chi connectivity index (χ3v) is 4.01. The normalized spacial score (nSPS) is 19.5. The Morgan fingerprint density at radius 1 is 1.45 bits per heavy atom. The zero-order valence-corrected chi connectivity index (χ0v) is 13.1. The van der Waals surface area contributed by atoms with E-state index in [1.54, 1.807) is 0 Å². The monoisotopic (exact) mass is 338 g/mol. The van der Waals surface area contributed by atoms with E-state index in [1.165, 1.54) is 5.56 Å². The van der Waals surface area contributed by atoms with Gasteiger partial charge in [-0.2, -0.15) is 0 Å². The van der Waals surface area contributed by atoms with Gasteiger partial charge in [0.05, 0.1) is 0 Å². The number of carbonyl (C=O) groups excluding carboxylic acids is 2. The van der Waals surface area contributed by atoms with Gasteiger partial charge in [-0.15, -0.1) is 0 Å². The number of hydrogen-bond acceptors (Lipinski definition) is 2. The molecule has 2 atom stereocenters. The van der Waals surface area contributed by atoms with Crippen molar-refractivity contribution in [2.24, 2.45) is 0 Å². The number of rotatable bonds is 5. The number of nitrogens with one attached hydrogen (secondary N) is 2. The van der Waals surface area contributed by atoms with Crippen LogP contribution in [0.1, 0.15) is 31.7 Å². The SMILES string of the molecule is C[C@H](CCc1ccc(Br)cc1)NC(=O)[C@@H]1CCC(=O)N1. The highest BCUT2D eigenvalue weighted by Gasteiger charge is 2.27. The molecular formula is C15H19BrN2O2. The standard InChI is InChI=1S/C15H19BrN2O2/c1-10(2-3-11-4-6-12(16)7-5-11)17-15(20)13-8-9-14(19)18-13/h4-7,10,13H,2-3,8-9H2,1H3,(H,17,20)(H,18,19)/t10-,13+/m1/s1. The highest BCUT2D eigenvalue weighted by atomic mass is 79.9. The Hall–Kier alpha value is -1.36. The maximum absolute atomic E-state index is 11.9. The molecule has 2 amide bonds. The highest BCUT2D eigenvalue weighted by molar-refractivity contribution is 9.10. The first-order chi connectivity index (χ1) is 9.54. The van der Waals surface area contributed by atoms with Crippen LogP contribution < -0.4 is 10.6 Å². The van der Waals surface area contributed by atoms with Crippen LogP contribution in [0.25, 0.3) is 0 Å². The average molecular weight is 339 g/mol. The summed E-state index contributed by atoms with van der Waals surface area (Å²) in [5.41, 5.74) is 1.25. The molecule has 0 saturated carbocycles. The van der Waals surface area contributed by atoms with E-state index in [9.17, 15) is 9.59 Å². The molecular weight excluding hydrogens is 320 g/mol. The summed E-state index contributed by atoms with van der Waals surface area (Å²) in [4.78, 5) is 23.0. The van der Waals surface area contributed by atoms with Gasteiger partial charge in [0.2, 0.25) is 11.8 Å². The lowest BCUT2D eigenvalue weighted by Crippen LogP contribution is -2.45. The first kappa shape index (κ1) is 15.0. The van der Waals surface area contributed by atoms with E-state index >= 15 is 0 Å². The quantitative estimate of drug-likeness (QED) is 0.864. The number of halogens is 1. The predicted molar refractivity (Wildman–Crippen MR) is 81.2 cm³/mol. The molecule has 108 valence electrons. The number of benzene rings is 1. The summed E-state index contributed by atoms with van der Waals surface area (Å²) in [5.74, 6) is -0.105. The van der Waals surface area contributed by atoms with Crippen LogP contribution in [-0.4, -0.2) is 23.9 Å². The van der Waals surface area contributed by atoms with E-state index in [0.717, 1.165) is 17.3 Å². The molecule has 1 aliphatic heterocycles. The molecule has 0 aliphatic carbocycles. The van der Waals surface area contributed by atoms with Crippen molar-refractivity contribution in [1.29, 1.82) is 0 Å². The van der Waals surface area contributed by atoms with Gasteiger partial charge in [0.15, 0.2) is 0 Å². The van der Waals surface area contributed by atoms with Crippen molar-refractivity contribution in [1.82, 2.24) is 10.6 Å². The fourth-order valence-corrected chi connectivity index (χ4v) is 2.52. The molecule has 2 N–H and O–H groups in total. The van der Waals surface area contributed by atoms with Crippen molar-refractivity contribution in [3.63, 3.8) is 0 Å². The maximum Gasteiger partial charge on any atom is 0.242 e. The van der Waals surface area contributed by atoms with Gasteiger partial charge in [-0.05, 0) is 43.9 Å². The minimum atomic E-state index is -0.349. The molecule has 0 unspecified atom stereocenters. The first-order valence-electron chi connectivity index (χ1n) is 6.89. The van der Waals surface area contributed by atoms with Gasteiger partial charge in [-0.1, -0.05) is 28.1 Å². The van der Waals surface area contributed by atoms with Crippen LogP contribution >= 0.6 is 15.9 Å². The zero-order chi connectivity index (χ0) is 14.5. The molecule has 4 nitrogen and oxygen atoms in total. The average Bonchev–Trinajstić information content (AvgIpc) is 2.85. The van der Waals surface area contributed by atoms with Crippen LogP contribution in [-0.2, 0) is 16.0 Å². The molecule has 1 fully saturated rings. The lowest BCUT2D eigenvalue weighted by Gasteiger charge is -2.17. The fraction of sp³-hybridized carbons (Fsp3) is 0.467. The number of hydrogen-bond donors (Lipinski definition) is 2. The molecule has 1 aliphatic rings. The summed E-state index contributed by atoms with van der Waals surface area (Å²) >= 11 is 3.41. The first-order valence-corrected chi connectivity index (χ1v) is 7.68. The predicted octanol–water partition coefficient (Wildman–Crippen LogP) is 2.16. The molecule has 1 aromatic carbocycles. The minimum absolute atomic E-state index is 0.0346. The van der Waals surface area contributed by atoms with E-state index in [2.05, 4.69) is 38.7 Å². The molecule has 2 rings (SSSR count). The second-order valence-corrected chi connectivity index (χ2v) is 6.15. The van der Waals surface area contributed by atoms with Crippen molar-refractivity contribution in [2.75, 3.05) is 0 Å². The summed E-state index contributed by atoms with van der Waals surface area (Å²) in [7, 11) is 0. The molecule has 1 saturated heterocycles. The van der Waals surface area contributed by atoms with Gasteiger partial charge in [0.25, 0.3) is 0 Å². The highest BCUT2D eigenvalue weighted by Crippen LogP contribution is 2.13. The largest absolute Gasteiger partial charge is 0.352 e. The summed E-state index contributed by atoms with van der Waals surface area (Å²) in [6.45, 7) is 1.99. The Labute approximate surface area is 127 Å². The Morgan fingerprint density at radius 3 is 2.75 bits per heavy atom. The van der Waals surface area contributed by atoms with Gasteiger partial charge in [0, 0.05) is 16.9 Å². The smallest absolute Gasteiger partial charge is 0.242 e. The van der Waals surface area contributed by atoms with Crippen LogP contribution in [0.3, 0.4) is 0 Å². The van der Waals surface area contributed by atoms with Gasteiger partial charge in [-0.3, -0.25) is 9.59 Å². The minimum Gasteiger partial charge on any atom is -0.352 e. The second-order valence-electron chi connectivity index (χ2n) is 5.23. The van der Waals surface area contributed by atoms with Gasteiger partial charge in [0.1, 0.15) is 6.04 Å². The Balaban J connectivity index is 1.74. The molecule has 0 spiro atoms. The van der Waals surface area contributed by atoms with Crippen LogP contribution in [0, 0.1) is 0 Å². The molecule has 1 heterocycles. The van der Waals surface area contributed by atoms with Crippen molar-refractivity contribution < 1.29 is 9.59 Å². The fourth-order valence-electron chi connectivity index (χ4n) is 2.26. The van der Waals surface area contributed by atoms with Gasteiger partial charge >= 0.3 is 0 Å². The Morgan fingerprint density at radius 2 is 2.15 bits per heavy atom. The van der Waals surface area contributed by atoms with E-state index < -0.39 is 0 Å². The van der Waals surface area contributed by atoms with E-state index in [0.29, 0.717) is 12.8 Å².